The van der Waals surface area contributed by atoms with E-state index in [0.29, 0.717) is 21.4 Å². The maximum atomic E-state index is 12.4. The van der Waals surface area contributed by atoms with Gasteiger partial charge in [-0.15, -0.1) is 0 Å². The second-order valence-electron chi connectivity index (χ2n) is 5.94. The number of aliphatic hydroxyl groups is 1. The SMILES string of the molecule is CCOC(=O)C1=C(O)/C(=C/c2ccc(OCC#N)c(I)c2)SC1=Nc1ccccc1. The fraction of sp³-hybridized carbons (Fsp3) is 0.136. The lowest BCUT2D eigenvalue weighted by molar-refractivity contribution is -0.138. The minimum Gasteiger partial charge on any atom is -0.506 e. The van der Waals surface area contributed by atoms with Gasteiger partial charge in [-0.1, -0.05) is 36.0 Å². The molecule has 1 N–H and O–H groups in total. The number of nitrogens with zero attached hydrogens (tertiary/aromatic N) is 2. The molecule has 0 aromatic heterocycles. The molecule has 0 fully saturated rings. The monoisotopic (exact) mass is 532 g/mol. The van der Waals surface area contributed by atoms with Crippen LogP contribution < -0.4 is 4.74 Å². The second kappa shape index (κ2) is 10.3. The molecule has 1 aliphatic heterocycles. The summed E-state index contributed by atoms with van der Waals surface area (Å²) in [5, 5.41) is 19.8. The van der Waals surface area contributed by atoms with Crippen molar-refractivity contribution in [3.8, 4) is 11.8 Å². The fourth-order valence-corrected chi connectivity index (χ4v) is 4.33. The summed E-state index contributed by atoms with van der Waals surface area (Å²) in [5.41, 5.74) is 1.53. The molecule has 0 saturated carbocycles. The largest absolute Gasteiger partial charge is 0.506 e. The van der Waals surface area contributed by atoms with Crippen LogP contribution in [-0.2, 0) is 9.53 Å². The minimum atomic E-state index is -0.615. The van der Waals surface area contributed by atoms with Crippen molar-refractivity contribution in [3.05, 3.63) is 73.9 Å². The first-order valence-electron chi connectivity index (χ1n) is 8.97. The summed E-state index contributed by atoms with van der Waals surface area (Å²) in [6.45, 7) is 1.87. The molecule has 152 valence electrons. The molecule has 2 aromatic rings. The molecule has 2 aromatic carbocycles. The Balaban J connectivity index is 1.97. The van der Waals surface area contributed by atoms with E-state index in [-0.39, 0.29) is 24.5 Å². The second-order valence-corrected chi connectivity index (χ2v) is 8.14. The smallest absolute Gasteiger partial charge is 0.344 e. The zero-order valence-corrected chi connectivity index (χ0v) is 18.9. The van der Waals surface area contributed by atoms with Crippen molar-refractivity contribution >= 4 is 57.1 Å². The number of thioether (sulfide) groups is 1. The van der Waals surface area contributed by atoms with Gasteiger partial charge in [0, 0.05) is 0 Å². The lowest BCUT2D eigenvalue weighted by Gasteiger charge is -2.06. The average molecular weight is 532 g/mol. The Morgan fingerprint density at radius 2 is 2.07 bits per heavy atom. The predicted molar refractivity (Wildman–Crippen MR) is 126 cm³/mol. The van der Waals surface area contributed by atoms with E-state index in [9.17, 15) is 9.90 Å². The molecule has 1 aliphatic rings. The third-order valence-corrected chi connectivity index (χ3v) is 5.77. The van der Waals surface area contributed by atoms with Gasteiger partial charge in [-0.2, -0.15) is 5.26 Å². The highest BCUT2D eigenvalue weighted by Crippen LogP contribution is 2.40. The Morgan fingerprint density at radius 3 is 2.73 bits per heavy atom. The Hall–Kier alpha value is -2.77. The Kier molecular flexibility index (Phi) is 7.54. The first-order chi connectivity index (χ1) is 14.5. The summed E-state index contributed by atoms with van der Waals surface area (Å²) < 4.78 is 11.3. The van der Waals surface area contributed by atoms with Crippen LogP contribution in [0.3, 0.4) is 0 Å². The van der Waals surface area contributed by atoms with Gasteiger partial charge in [-0.25, -0.2) is 9.79 Å². The van der Waals surface area contributed by atoms with Crippen molar-refractivity contribution in [2.75, 3.05) is 13.2 Å². The molecule has 3 rings (SSSR count). The number of aliphatic hydroxyl groups excluding tert-OH is 1. The molecule has 0 spiro atoms. The number of halogens is 1. The van der Waals surface area contributed by atoms with Crippen molar-refractivity contribution in [1.29, 1.82) is 5.26 Å². The zero-order chi connectivity index (χ0) is 21.5. The van der Waals surface area contributed by atoms with E-state index >= 15 is 0 Å². The van der Waals surface area contributed by atoms with E-state index in [0.717, 1.165) is 9.13 Å². The van der Waals surface area contributed by atoms with Crippen molar-refractivity contribution in [2.24, 2.45) is 4.99 Å². The van der Waals surface area contributed by atoms with Gasteiger partial charge in [0.2, 0.25) is 0 Å². The average Bonchev–Trinajstić information content (AvgIpc) is 3.03. The lowest BCUT2D eigenvalue weighted by atomic mass is 10.1. The van der Waals surface area contributed by atoms with Crippen LogP contribution in [0.5, 0.6) is 5.75 Å². The van der Waals surface area contributed by atoms with E-state index in [2.05, 4.69) is 27.6 Å². The van der Waals surface area contributed by atoms with Gasteiger partial charge in [0.1, 0.15) is 28.2 Å². The van der Waals surface area contributed by atoms with Crippen molar-refractivity contribution < 1.29 is 19.4 Å². The number of carbonyl (C=O) groups excluding carboxylic acids is 1. The highest BCUT2D eigenvalue weighted by Gasteiger charge is 2.33. The van der Waals surface area contributed by atoms with Crippen molar-refractivity contribution in [1.82, 2.24) is 0 Å². The Morgan fingerprint density at radius 1 is 1.30 bits per heavy atom. The quantitative estimate of drug-likeness (QED) is 0.397. The molecule has 30 heavy (non-hydrogen) atoms. The summed E-state index contributed by atoms with van der Waals surface area (Å²) in [7, 11) is 0. The number of nitriles is 1. The van der Waals surface area contributed by atoms with E-state index in [1.807, 2.05) is 48.5 Å². The predicted octanol–water partition coefficient (Wildman–Crippen LogP) is 5.39. The number of carbonyl (C=O) groups is 1. The molecular formula is C22H17IN2O4S. The van der Waals surface area contributed by atoms with Crippen LogP contribution in [0.2, 0.25) is 0 Å². The van der Waals surface area contributed by atoms with Crippen molar-refractivity contribution in [3.63, 3.8) is 0 Å². The molecule has 0 bridgehead atoms. The van der Waals surface area contributed by atoms with E-state index in [1.165, 1.54) is 11.8 Å². The van der Waals surface area contributed by atoms with Crippen molar-refractivity contribution in [2.45, 2.75) is 6.92 Å². The highest BCUT2D eigenvalue weighted by molar-refractivity contribution is 14.1. The number of hydrogen-bond acceptors (Lipinski definition) is 7. The third kappa shape index (κ3) is 5.23. The van der Waals surface area contributed by atoms with Gasteiger partial charge in [0.05, 0.1) is 20.8 Å². The number of hydrogen-bond donors (Lipinski definition) is 1. The first kappa shape index (κ1) is 21.9. The summed E-state index contributed by atoms with van der Waals surface area (Å²) >= 11 is 3.32. The fourth-order valence-electron chi connectivity index (χ4n) is 2.60. The van der Waals surface area contributed by atoms with E-state index < -0.39 is 5.97 Å². The van der Waals surface area contributed by atoms with Crippen LogP contribution in [-0.4, -0.2) is 29.3 Å². The molecule has 0 saturated heterocycles. The third-order valence-electron chi connectivity index (χ3n) is 3.90. The Bertz CT molecular complexity index is 1090. The molecule has 0 amide bonds. The number of rotatable bonds is 6. The van der Waals surface area contributed by atoms with Crippen LogP contribution in [0, 0.1) is 14.9 Å². The molecule has 8 heteroatoms. The molecule has 0 atom stereocenters. The number of esters is 1. The highest BCUT2D eigenvalue weighted by atomic mass is 127. The number of ether oxygens (including phenoxy) is 2. The zero-order valence-electron chi connectivity index (χ0n) is 16.0. The van der Waals surface area contributed by atoms with Crippen LogP contribution in [0.15, 0.2) is 69.8 Å². The van der Waals surface area contributed by atoms with Crippen LogP contribution >= 0.6 is 34.4 Å². The minimum absolute atomic E-state index is 0.0297. The summed E-state index contributed by atoms with van der Waals surface area (Å²) in [5.74, 6) is -0.167. The van der Waals surface area contributed by atoms with Crippen LogP contribution in [0.1, 0.15) is 12.5 Å². The van der Waals surface area contributed by atoms with Gasteiger partial charge in [0.15, 0.2) is 6.61 Å². The lowest BCUT2D eigenvalue weighted by Crippen LogP contribution is -2.12. The van der Waals surface area contributed by atoms with Gasteiger partial charge in [-0.3, -0.25) is 0 Å². The van der Waals surface area contributed by atoms with E-state index in [4.69, 9.17) is 14.7 Å². The van der Waals surface area contributed by atoms with Gasteiger partial charge in [0.25, 0.3) is 0 Å². The summed E-state index contributed by atoms with van der Waals surface area (Å²) in [6, 6.07) is 16.6. The molecule has 1 heterocycles. The maximum Gasteiger partial charge on any atom is 0.344 e. The van der Waals surface area contributed by atoms with Gasteiger partial charge < -0.3 is 14.6 Å². The maximum absolute atomic E-state index is 12.4. The molecule has 6 nitrogen and oxygen atoms in total. The summed E-state index contributed by atoms with van der Waals surface area (Å²) in [6.07, 6.45) is 1.77. The van der Waals surface area contributed by atoms with E-state index in [1.54, 1.807) is 19.1 Å². The summed E-state index contributed by atoms with van der Waals surface area (Å²) in [4.78, 5) is 17.5. The number of para-hydroxylation sites is 1. The normalized spacial score (nSPS) is 16.0. The van der Waals surface area contributed by atoms with Crippen LogP contribution in [0.4, 0.5) is 5.69 Å². The van der Waals surface area contributed by atoms with Crippen LogP contribution in [0.25, 0.3) is 6.08 Å². The number of benzene rings is 2. The standard InChI is InChI=1S/C22H17IN2O4S/c1-2-28-22(27)19-20(26)18(30-21(19)25-15-6-4-3-5-7-15)13-14-8-9-17(16(23)12-14)29-11-10-24/h3-9,12-13,26H,2,11H2,1H3/b18-13-,25-21?. The molecule has 0 unspecified atom stereocenters. The van der Waals surface area contributed by atoms with Gasteiger partial charge >= 0.3 is 5.97 Å². The topological polar surface area (TPSA) is 91.9 Å². The molecular weight excluding hydrogens is 515 g/mol. The number of aliphatic imine (C=N–C) groups is 1. The first-order valence-corrected chi connectivity index (χ1v) is 10.9. The molecule has 0 aliphatic carbocycles. The molecule has 0 radical (unpaired) electrons. The Labute approximate surface area is 192 Å². The van der Waals surface area contributed by atoms with Gasteiger partial charge in [-0.05, 0) is 65.4 Å².